The van der Waals surface area contributed by atoms with Crippen LogP contribution in [0.1, 0.15) is 12.8 Å². The molecule has 0 saturated carbocycles. The fraction of sp³-hybridized carbons (Fsp3) is 0.778. The Bertz CT molecular complexity index is 395. The summed E-state index contributed by atoms with van der Waals surface area (Å²) >= 11 is 0. The monoisotopic (exact) mass is 332 g/mol. The molecule has 0 heterocycles. The van der Waals surface area contributed by atoms with E-state index in [4.69, 9.17) is 5.11 Å². The predicted molar refractivity (Wildman–Crippen MR) is 48.7 cm³/mol. The summed E-state index contributed by atoms with van der Waals surface area (Å²) in [5.74, 6) is -21.8. The lowest BCUT2D eigenvalue weighted by atomic mass is 10.1. The van der Waals surface area contributed by atoms with E-state index >= 15 is 0 Å². The van der Waals surface area contributed by atoms with Crippen molar-refractivity contribution in [3.63, 3.8) is 0 Å². The number of rotatable bonds is 8. The molecule has 124 valence electrons. The Morgan fingerprint density at radius 1 is 1.00 bits per heavy atom. The molecule has 0 fully saturated rings. The summed E-state index contributed by atoms with van der Waals surface area (Å²) in [6, 6.07) is 0. The van der Waals surface area contributed by atoms with Gasteiger partial charge in [-0.2, -0.15) is 26.3 Å². The highest BCUT2D eigenvalue weighted by Crippen LogP contribution is 2.48. The summed E-state index contributed by atoms with van der Waals surface area (Å²) in [6.45, 7) is -2.60. The van der Waals surface area contributed by atoms with Gasteiger partial charge in [-0.3, -0.25) is 9.59 Å². The Labute approximate surface area is 111 Å². The predicted octanol–water partition coefficient (Wildman–Crippen LogP) is 2.57. The number of hydrogen-bond acceptors (Lipinski definition) is 3. The fourth-order valence-corrected chi connectivity index (χ4v) is 0.924. The number of halogens is 8. The first kappa shape index (κ1) is 19.4. The van der Waals surface area contributed by atoms with Crippen LogP contribution in [0, 0.1) is 0 Å². The first-order valence-corrected chi connectivity index (χ1v) is 5.04. The molecule has 1 N–H and O–H groups in total. The van der Waals surface area contributed by atoms with Crippen molar-refractivity contribution in [2.24, 2.45) is 0 Å². The van der Waals surface area contributed by atoms with Crippen LogP contribution < -0.4 is 0 Å². The van der Waals surface area contributed by atoms with E-state index in [0.717, 1.165) is 0 Å². The van der Waals surface area contributed by atoms with Crippen LogP contribution in [0.4, 0.5) is 35.1 Å². The quantitative estimate of drug-likeness (QED) is 0.548. The SMILES string of the molecule is O=C(O)CCC(=O)OCC(F)(F)C(F)(F)C(F)(F)C(F)F. The van der Waals surface area contributed by atoms with E-state index in [2.05, 4.69) is 4.74 Å². The molecule has 0 saturated heterocycles. The molecule has 12 heteroatoms. The third-order valence-electron chi connectivity index (χ3n) is 2.11. The van der Waals surface area contributed by atoms with Crippen molar-refractivity contribution in [1.29, 1.82) is 0 Å². The van der Waals surface area contributed by atoms with Gasteiger partial charge in [0.15, 0.2) is 6.61 Å². The zero-order valence-electron chi connectivity index (χ0n) is 9.89. The second-order valence-corrected chi connectivity index (χ2v) is 3.76. The first-order chi connectivity index (χ1) is 9.25. The molecule has 21 heavy (non-hydrogen) atoms. The summed E-state index contributed by atoms with van der Waals surface area (Å²) in [6.07, 6.45) is -6.93. The van der Waals surface area contributed by atoms with Crippen LogP contribution in [-0.4, -0.2) is 47.8 Å². The van der Waals surface area contributed by atoms with Crippen LogP contribution in [0.5, 0.6) is 0 Å². The molecule has 0 atom stereocenters. The molecular weight excluding hydrogens is 324 g/mol. The molecule has 0 aromatic carbocycles. The van der Waals surface area contributed by atoms with Crippen molar-refractivity contribution in [1.82, 2.24) is 0 Å². The highest BCUT2D eigenvalue weighted by molar-refractivity contribution is 5.76. The van der Waals surface area contributed by atoms with Gasteiger partial charge in [0.25, 0.3) is 0 Å². The number of ether oxygens (including phenoxy) is 1. The Morgan fingerprint density at radius 3 is 1.86 bits per heavy atom. The van der Waals surface area contributed by atoms with Crippen LogP contribution in [0.25, 0.3) is 0 Å². The minimum atomic E-state index is -6.47. The van der Waals surface area contributed by atoms with Crippen molar-refractivity contribution < 1.29 is 54.6 Å². The molecule has 0 bridgehead atoms. The number of aliphatic carboxylic acids is 1. The summed E-state index contributed by atoms with van der Waals surface area (Å²) in [4.78, 5) is 20.7. The van der Waals surface area contributed by atoms with Gasteiger partial charge in [-0.05, 0) is 0 Å². The highest BCUT2D eigenvalue weighted by Gasteiger charge is 2.75. The van der Waals surface area contributed by atoms with E-state index in [0.29, 0.717) is 0 Å². The molecule has 0 spiro atoms. The second kappa shape index (κ2) is 6.43. The van der Waals surface area contributed by atoms with Crippen molar-refractivity contribution in [3.8, 4) is 0 Å². The van der Waals surface area contributed by atoms with E-state index in [1.807, 2.05) is 0 Å². The van der Waals surface area contributed by atoms with Gasteiger partial charge in [-0.15, -0.1) is 0 Å². The van der Waals surface area contributed by atoms with Gasteiger partial charge >= 0.3 is 36.1 Å². The zero-order chi connectivity index (χ0) is 17.1. The molecular formula is C9H8F8O4. The molecule has 0 aromatic rings. The van der Waals surface area contributed by atoms with E-state index in [1.165, 1.54) is 0 Å². The lowest BCUT2D eigenvalue weighted by Crippen LogP contribution is -2.59. The van der Waals surface area contributed by atoms with Crippen molar-refractivity contribution in [3.05, 3.63) is 0 Å². The largest absolute Gasteiger partial charge is 0.481 e. The number of carboxylic acids is 1. The van der Waals surface area contributed by atoms with Gasteiger partial charge in [-0.25, -0.2) is 8.78 Å². The van der Waals surface area contributed by atoms with Gasteiger partial charge in [0.05, 0.1) is 12.8 Å². The maximum absolute atomic E-state index is 12.9. The standard InChI is InChI=1S/C9H8F8O4/c10-6(11)8(14,15)9(16,17)7(12,13)3-21-5(20)2-1-4(18)19/h6H,1-3H2,(H,18,19). The van der Waals surface area contributed by atoms with Gasteiger partial charge in [0.1, 0.15) is 0 Å². The average Bonchev–Trinajstić information content (AvgIpc) is 2.33. The topological polar surface area (TPSA) is 63.6 Å². The van der Waals surface area contributed by atoms with Crippen LogP contribution in [0.2, 0.25) is 0 Å². The number of carbonyl (C=O) groups excluding carboxylic acids is 1. The molecule has 4 nitrogen and oxygen atoms in total. The maximum atomic E-state index is 12.9. The van der Waals surface area contributed by atoms with Gasteiger partial charge in [0, 0.05) is 0 Å². The smallest absolute Gasteiger partial charge is 0.381 e. The van der Waals surface area contributed by atoms with Crippen LogP contribution >= 0.6 is 0 Å². The van der Waals surface area contributed by atoms with E-state index < -0.39 is 55.6 Å². The summed E-state index contributed by atoms with van der Waals surface area (Å²) in [5, 5.41) is 8.13. The summed E-state index contributed by atoms with van der Waals surface area (Å²) in [7, 11) is 0. The molecule has 0 aliphatic heterocycles. The number of hydrogen-bond donors (Lipinski definition) is 1. The lowest BCUT2D eigenvalue weighted by Gasteiger charge is -2.31. The average molecular weight is 332 g/mol. The summed E-state index contributed by atoms with van der Waals surface area (Å²) in [5.41, 5.74) is 0. The minimum absolute atomic E-state index is 0.881. The molecule has 0 unspecified atom stereocenters. The van der Waals surface area contributed by atoms with E-state index in [1.54, 1.807) is 0 Å². The number of carbonyl (C=O) groups is 2. The highest BCUT2D eigenvalue weighted by atomic mass is 19.4. The normalized spacial score (nSPS) is 13.4. The zero-order valence-corrected chi connectivity index (χ0v) is 9.89. The second-order valence-electron chi connectivity index (χ2n) is 3.76. The van der Waals surface area contributed by atoms with Crippen molar-refractivity contribution in [2.45, 2.75) is 37.0 Å². The molecule has 0 amide bonds. The van der Waals surface area contributed by atoms with Crippen LogP contribution in [0.15, 0.2) is 0 Å². The number of esters is 1. The van der Waals surface area contributed by atoms with Crippen LogP contribution in [0.3, 0.4) is 0 Å². The van der Waals surface area contributed by atoms with E-state index in [-0.39, 0.29) is 0 Å². The van der Waals surface area contributed by atoms with Gasteiger partial charge < -0.3 is 9.84 Å². The van der Waals surface area contributed by atoms with E-state index in [9.17, 15) is 44.7 Å². The molecule has 0 rings (SSSR count). The number of alkyl halides is 8. The molecule has 0 aromatic heterocycles. The van der Waals surface area contributed by atoms with Crippen molar-refractivity contribution in [2.75, 3.05) is 6.61 Å². The third-order valence-corrected chi connectivity index (χ3v) is 2.11. The summed E-state index contributed by atoms with van der Waals surface area (Å²) < 4.78 is 103. The molecule has 0 aliphatic carbocycles. The van der Waals surface area contributed by atoms with Gasteiger partial charge in [0.2, 0.25) is 0 Å². The maximum Gasteiger partial charge on any atom is 0.381 e. The molecule has 0 radical (unpaired) electrons. The Balaban J connectivity index is 4.82. The van der Waals surface area contributed by atoms with Crippen molar-refractivity contribution >= 4 is 11.9 Å². The molecule has 0 aliphatic rings. The van der Waals surface area contributed by atoms with Crippen LogP contribution in [-0.2, 0) is 14.3 Å². The third kappa shape index (κ3) is 4.43. The van der Waals surface area contributed by atoms with Gasteiger partial charge in [-0.1, -0.05) is 0 Å². The lowest BCUT2D eigenvalue weighted by molar-refractivity contribution is -0.344. The Hall–Kier alpha value is -1.62. The minimum Gasteiger partial charge on any atom is -0.481 e. The first-order valence-electron chi connectivity index (χ1n) is 5.04. The Kier molecular flexibility index (Phi) is 5.94. The fourth-order valence-electron chi connectivity index (χ4n) is 0.924. The Morgan fingerprint density at radius 2 is 1.48 bits per heavy atom. The number of carboxylic acid groups (broad SMARTS) is 1.